The third kappa shape index (κ3) is 6.26. The maximum atomic E-state index is 12.3. The summed E-state index contributed by atoms with van der Waals surface area (Å²) in [5.41, 5.74) is 2.13. The van der Waals surface area contributed by atoms with Gasteiger partial charge >= 0.3 is 5.97 Å². The maximum Gasteiger partial charge on any atom is 0.338 e. The predicted octanol–water partition coefficient (Wildman–Crippen LogP) is 3.18. The van der Waals surface area contributed by atoms with Crippen molar-refractivity contribution in [3.63, 3.8) is 0 Å². The summed E-state index contributed by atoms with van der Waals surface area (Å²) in [4.78, 5) is 36.4. The Balaban J connectivity index is 1.94. The highest BCUT2D eigenvalue weighted by Crippen LogP contribution is 2.15. The second kappa shape index (κ2) is 9.52. The lowest BCUT2D eigenvalue weighted by molar-refractivity contribution is -0.119. The van der Waals surface area contributed by atoms with Gasteiger partial charge in [0, 0.05) is 6.54 Å². The molecule has 0 aromatic heterocycles. The Kier molecular flexibility index (Phi) is 7.11. The molecule has 0 spiro atoms. The van der Waals surface area contributed by atoms with E-state index in [1.165, 1.54) is 0 Å². The Morgan fingerprint density at radius 1 is 1.00 bits per heavy atom. The van der Waals surface area contributed by atoms with Crippen molar-refractivity contribution in [2.24, 2.45) is 5.92 Å². The molecule has 6 heteroatoms. The van der Waals surface area contributed by atoms with E-state index in [-0.39, 0.29) is 5.91 Å². The van der Waals surface area contributed by atoms with E-state index in [2.05, 4.69) is 10.6 Å². The zero-order valence-corrected chi connectivity index (χ0v) is 15.7. The van der Waals surface area contributed by atoms with Crippen molar-refractivity contribution in [3.05, 3.63) is 65.2 Å². The van der Waals surface area contributed by atoms with E-state index in [0.717, 1.165) is 5.56 Å². The number of hydrogen-bond acceptors (Lipinski definition) is 4. The molecule has 0 fully saturated rings. The third-order valence-corrected chi connectivity index (χ3v) is 3.74. The van der Waals surface area contributed by atoms with E-state index in [9.17, 15) is 14.4 Å². The van der Waals surface area contributed by atoms with Gasteiger partial charge in [-0.15, -0.1) is 0 Å². The summed E-state index contributed by atoms with van der Waals surface area (Å²) in [5.74, 6) is -1.04. The van der Waals surface area contributed by atoms with Gasteiger partial charge in [-0.25, -0.2) is 4.79 Å². The molecule has 2 amide bonds. The third-order valence-electron chi connectivity index (χ3n) is 3.74. The van der Waals surface area contributed by atoms with Crippen LogP contribution in [0.4, 0.5) is 5.69 Å². The summed E-state index contributed by atoms with van der Waals surface area (Å²) in [6.07, 6.45) is 0. The minimum atomic E-state index is -0.576. The zero-order valence-electron chi connectivity index (χ0n) is 15.7. The van der Waals surface area contributed by atoms with Gasteiger partial charge in [-0.2, -0.15) is 0 Å². The normalized spacial score (nSPS) is 10.4. The number of benzene rings is 2. The highest BCUT2D eigenvalue weighted by atomic mass is 16.5. The highest BCUT2D eigenvalue weighted by Gasteiger charge is 2.15. The van der Waals surface area contributed by atoms with Gasteiger partial charge in [-0.1, -0.05) is 43.7 Å². The standard InChI is InChI=1S/C21H24N2O4/c1-14(2)12-22-20(25)17-6-4-5-7-18(17)23-19(24)13-27-21(26)16-10-8-15(3)9-11-16/h4-11,14H,12-13H2,1-3H3,(H,22,25)(H,23,24). The van der Waals surface area contributed by atoms with Crippen LogP contribution in [0.25, 0.3) is 0 Å². The van der Waals surface area contributed by atoms with Gasteiger partial charge in [0.2, 0.25) is 0 Å². The Bertz CT molecular complexity index is 813. The van der Waals surface area contributed by atoms with Crippen LogP contribution in [0, 0.1) is 12.8 Å². The van der Waals surface area contributed by atoms with Crippen molar-refractivity contribution in [2.45, 2.75) is 20.8 Å². The van der Waals surface area contributed by atoms with Crippen LogP contribution in [0.2, 0.25) is 0 Å². The van der Waals surface area contributed by atoms with Crippen LogP contribution >= 0.6 is 0 Å². The van der Waals surface area contributed by atoms with E-state index in [1.807, 2.05) is 20.8 Å². The number of hydrogen-bond donors (Lipinski definition) is 2. The molecule has 0 atom stereocenters. The predicted molar refractivity (Wildman–Crippen MR) is 104 cm³/mol. The summed E-state index contributed by atoms with van der Waals surface area (Å²) in [7, 11) is 0. The number of carbonyl (C=O) groups excluding carboxylic acids is 3. The number of rotatable bonds is 7. The second-order valence-electron chi connectivity index (χ2n) is 6.64. The molecule has 27 heavy (non-hydrogen) atoms. The summed E-state index contributed by atoms with van der Waals surface area (Å²) in [5, 5.41) is 5.43. The first-order chi connectivity index (χ1) is 12.9. The van der Waals surface area contributed by atoms with Crippen molar-refractivity contribution in [2.75, 3.05) is 18.5 Å². The first kappa shape index (κ1) is 20.2. The number of nitrogens with one attached hydrogen (secondary N) is 2. The molecule has 0 aliphatic carbocycles. The molecule has 0 aliphatic rings. The van der Waals surface area contributed by atoms with E-state index in [1.54, 1.807) is 48.5 Å². The van der Waals surface area contributed by atoms with Crippen LogP contribution in [0.5, 0.6) is 0 Å². The Hall–Kier alpha value is -3.15. The summed E-state index contributed by atoms with van der Waals surface area (Å²) in [6.45, 7) is 6.01. The Labute approximate surface area is 158 Å². The number of aryl methyl sites for hydroxylation is 1. The number of amides is 2. The van der Waals surface area contributed by atoms with Crippen molar-refractivity contribution in [1.82, 2.24) is 5.32 Å². The van der Waals surface area contributed by atoms with Gasteiger partial charge in [-0.3, -0.25) is 9.59 Å². The number of para-hydroxylation sites is 1. The van der Waals surface area contributed by atoms with Crippen LogP contribution < -0.4 is 10.6 Å². The number of anilines is 1. The van der Waals surface area contributed by atoms with Crippen LogP contribution in [-0.2, 0) is 9.53 Å². The Morgan fingerprint density at radius 2 is 1.67 bits per heavy atom. The number of esters is 1. The lowest BCUT2D eigenvalue weighted by Gasteiger charge is -2.12. The zero-order chi connectivity index (χ0) is 19.8. The molecule has 142 valence electrons. The quantitative estimate of drug-likeness (QED) is 0.735. The first-order valence-corrected chi connectivity index (χ1v) is 8.77. The van der Waals surface area contributed by atoms with Crippen LogP contribution in [0.1, 0.15) is 40.1 Å². The van der Waals surface area contributed by atoms with Crippen molar-refractivity contribution in [1.29, 1.82) is 0 Å². The van der Waals surface area contributed by atoms with Crippen molar-refractivity contribution in [3.8, 4) is 0 Å². The second-order valence-corrected chi connectivity index (χ2v) is 6.64. The monoisotopic (exact) mass is 368 g/mol. The number of ether oxygens (including phenoxy) is 1. The van der Waals surface area contributed by atoms with E-state index in [0.29, 0.717) is 29.3 Å². The molecule has 2 rings (SSSR count). The van der Waals surface area contributed by atoms with Crippen LogP contribution in [0.15, 0.2) is 48.5 Å². The van der Waals surface area contributed by atoms with E-state index < -0.39 is 18.5 Å². The molecule has 0 saturated carbocycles. The largest absolute Gasteiger partial charge is 0.452 e. The molecule has 2 aromatic carbocycles. The van der Waals surface area contributed by atoms with Gasteiger partial charge < -0.3 is 15.4 Å². The molecule has 2 aromatic rings. The molecular formula is C21H24N2O4. The minimum absolute atomic E-state index is 0.267. The van der Waals surface area contributed by atoms with Crippen LogP contribution in [-0.4, -0.2) is 30.9 Å². The van der Waals surface area contributed by atoms with E-state index in [4.69, 9.17) is 4.74 Å². The van der Waals surface area contributed by atoms with Crippen molar-refractivity contribution >= 4 is 23.5 Å². The molecular weight excluding hydrogens is 344 g/mol. The molecule has 0 heterocycles. The summed E-state index contributed by atoms with van der Waals surface area (Å²) >= 11 is 0. The first-order valence-electron chi connectivity index (χ1n) is 8.77. The molecule has 6 nitrogen and oxygen atoms in total. The molecule has 0 aliphatic heterocycles. The van der Waals surface area contributed by atoms with Gasteiger partial charge in [0.1, 0.15) is 0 Å². The summed E-state index contributed by atoms with van der Waals surface area (Å²) < 4.78 is 5.03. The minimum Gasteiger partial charge on any atom is -0.452 e. The highest BCUT2D eigenvalue weighted by molar-refractivity contribution is 6.04. The fourth-order valence-electron chi connectivity index (χ4n) is 2.27. The smallest absolute Gasteiger partial charge is 0.338 e. The molecule has 0 radical (unpaired) electrons. The average Bonchev–Trinajstić information content (AvgIpc) is 2.65. The fourth-order valence-corrected chi connectivity index (χ4v) is 2.27. The number of carbonyl (C=O) groups is 3. The van der Waals surface area contributed by atoms with Gasteiger partial charge in [0.15, 0.2) is 6.61 Å². The maximum absolute atomic E-state index is 12.3. The topological polar surface area (TPSA) is 84.5 Å². The lowest BCUT2D eigenvalue weighted by atomic mass is 10.1. The van der Waals surface area contributed by atoms with Crippen molar-refractivity contribution < 1.29 is 19.1 Å². The van der Waals surface area contributed by atoms with Gasteiger partial charge in [-0.05, 0) is 37.1 Å². The lowest BCUT2D eigenvalue weighted by Crippen LogP contribution is -2.29. The molecule has 0 bridgehead atoms. The van der Waals surface area contributed by atoms with Gasteiger partial charge in [0.25, 0.3) is 11.8 Å². The van der Waals surface area contributed by atoms with Crippen LogP contribution in [0.3, 0.4) is 0 Å². The fraction of sp³-hybridized carbons (Fsp3) is 0.286. The summed E-state index contributed by atoms with van der Waals surface area (Å²) in [6, 6.07) is 13.6. The molecule has 0 unspecified atom stereocenters. The molecule has 2 N–H and O–H groups in total. The average molecular weight is 368 g/mol. The van der Waals surface area contributed by atoms with Gasteiger partial charge in [0.05, 0.1) is 16.8 Å². The SMILES string of the molecule is Cc1ccc(C(=O)OCC(=O)Nc2ccccc2C(=O)NCC(C)C)cc1. The van der Waals surface area contributed by atoms with E-state index >= 15 is 0 Å². The Morgan fingerprint density at radius 3 is 2.33 bits per heavy atom. The molecule has 0 saturated heterocycles.